The highest BCUT2D eigenvalue weighted by Crippen LogP contribution is 2.01. The van der Waals surface area contributed by atoms with Gasteiger partial charge in [-0.1, -0.05) is 59.3 Å². The molecule has 24 heavy (non-hydrogen) atoms. The summed E-state index contributed by atoms with van der Waals surface area (Å²) in [5.41, 5.74) is 0. The van der Waals surface area contributed by atoms with Gasteiger partial charge in [0, 0.05) is 0 Å². The molecule has 0 amide bonds. The molecule has 0 aliphatic heterocycles. The highest BCUT2D eigenvalue weighted by atomic mass is 16.5. The van der Waals surface area contributed by atoms with E-state index in [2.05, 4.69) is 20.8 Å². The molecule has 0 bridgehead atoms. The highest BCUT2D eigenvalue weighted by molar-refractivity contribution is 4.41. The zero-order valence-corrected chi connectivity index (χ0v) is 15.9. The summed E-state index contributed by atoms with van der Waals surface area (Å²) in [6.45, 7) is 6.26. The molecular formula is C18H42O6. The summed E-state index contributed by atoms with van der Waals surface area (Å²) in [6, 6.07) is 0. The molecule has 0 fully saturated rings. The molecule has 0 heterocycles. The molecule has 0 aromatic carbocycles. The Bertz CT molecular complexity index is 165. The lowest BCUT2D eigenvalue weighted by molar-refractivity contribution is -0.0472. The minimum atomic E-state index is -1.10. The molecule has 0 unspecified atom stereocenters. The third-order valence-corrected chi connectivity index (χ3v) is 3.20. The van der Waals surface area contributed by atoms with Gasteiger partial charge in [0.1, 0.15) is 0 Å². The molecule has 6 heteroatoms. The summed E-state index contributed by atoms with van der Waals surface area (Å²) in [6.07, 6.45) is 7.73. The number of hydrogen-bond donors (Lipinski definition) is 6. The molecule has 0 radical (unpaired) electrons. The van der Waals surface area contributed by atoms with Crippen molar-refractivity contribution in [2.45, 2.75) is 117 Å². The van der Waals surface area contributed by atoms with Crippen molar-refractivity contribution in [2.24, 2.45) is 0 Å². The van der Waals surface area contributed by atoms with E-state index in [0.29, 0.717) is 19.3 Å². The Hall–Kier alpha value is -0.240. The van der Waals surface area contributed by atoms with E-state index in [0.717, 1.165) is 57.8 Å². The second kappa shape index (κ2) is 25.0. The largest absolute Gasteiger partial charge is 0.368 e. The van der Waals surface area contributed by atoms with Crippen LogP contribution >= 0.6 is 0 Å². The number of unbranched alkanes of at least 4 members (excludes halogenated alkanes) is 6. The average molecular weight is 355 g/mol. The van der Waals surface area contributed by atoms with E-state index in [1.54, 1.807) is 0 Å². The van der Waals surface area contributed by atoms with Crippen LogP contribution in [0.4, 0.5) is 0 Å². The number of hydrogen-bond acceptors (Lipinski definition) is 6. The van der Waals surface area contributed by atoms with Crippen LogP contribution in [0.25, 0.3) is 0 Å². The van der Waals surface area contributed by atoms with Gasteiger partial charge >= 0.3 is 0 Å². The second-order valence-electron chi connectivity index (χ2n) is 5.93. The van der Waals surface area contributed by atoms with Crippen LogP contribution in [0.1, 0.15) is 97.8 Å². The van der Waals surface area contributed by atoms with Crippen LogP contribution in [0.3, 0.4) is 0 Å². The number of aliphatic hydroxyl groups excluding tert-OH is 3. The molecule has 6 N–H and O–H groups in total. The summed E-state index contributed by atoms with van der Waals surface area (Å²) < 4.78 is 0. The van der Waals surface area contributed by atoms with Gasteiger partial charge in [-0.25, -0.2) is 0 Å². The van der Waals surface area contributed by atoms with Crippen molar-refractivity contribution in [3.63, 3.8) is 0 Å². The Kier molecular flexibility index (Phi) is 29.8. The summed E-state index contributed by atoms with van der Waals surface area (Å²) in [7, 11) is 0. The lowest BCUT2D eigenvalue weighted by Gasteiger charge is -1.99. The number of rotatable bonds is 12. The molecule has 0 aromatic heterocycles. The van der Waals surface area contributed by atoms with Crippen LogP contribution in [0.15, 0.2) is 0 Å². The topological polar surface area (TPSA) is 121 Å². The van der Waals surface area contributed by atoms with E-state index in [4.69, 9.17) is 30.6 Å². The van der Waals surface area contributed by atoms with E-state index in [1.165, 1.54) is 0 Å². The highest BCUT2D eigenvalue weighted by Gasteiger charge is 1.94. The summed E-state index contributed by atoms with van der Waals surface area (Å²) >= 11 is 0. The van der Waals surface area contributed by atoms with Gasteiger partial charge in [0.2, 0.25) is 0 Å². The zero-order valence-electron chi connectivity index (χ0n) is 15.9. The summed E-state index contributed by atoms with van der Waals surface area (Å²) in [4.78, 5) is 0. The van der Waals surface area contributed by atoms with E-state index in [9.17, 15) is 0 Å². The normalized spacial score (nSPS) is 10.5. The fourth-order valence-electron chi connectivity index (χ4n) is 1.73. The van der Waals surface area contributed by atoms with Gasteiger partial charge in [0.25, 0.3) is 0 Å². The van der Waals surface area contributed by atoms with Gasteiger partial charge in [-0.05, 0) is 38.5 Å². The maximum absolute atomic E-state index is 8.33. The fraction of sp³-hybridized carbons (Fsp3) is 1.00. The lowest BCUT2D eigenvalue weighted by Crippen LogP contribution is -2.02. The Balaban J connectivity index is -0.000000276. The predicted molar refractivity (Wildman–Crippen MR) is 97.1 cm³/mol. The zero-order chi connectivity index (χ0) is 19.2. The Morgan fingerprint density at radius 3 is 0.750 bits per heavy atom. The second-order valence-corrected chi connectivity index (χ2v) is 5.93. The standard InChI is InChI=1S/3C6H14O2/c3*1-2-3-4-5-6(7)8/h3*6-8H,2-5H2,1H3. The molecule has 0 atom stereocenters. The van der Waals surface area contributed by atoms with Crippen LogP contribution in [0, 0.1) is 0 Å². The first-order valence-corrected chi connectivity index (χ1v) is 9.40. The summed E-state index contributed by atoms with van der Waals surface area (Å²) in [5, 5.41) is 50.0. The number of aliphatic hydroxyl groups is 6. The van der Waals surface area contributed by atoms with Crippen LogP contribution in [-0.2, 0) is 0 Å². The molecule has 0 saturated heterocycles. The van der Waals surface area contributed by atoms with Gasteiger partial charge in [0.15, 0.2) is 18.9 Å². The predicted octanol–water partition coefficient (Wildman–Crippen LogP) is 2.63. The van der Waals surface area contributed by atoms with Gasteiger partial charge in [-0.2, -0.15) is 0 Å². The third-order valence-electron chi connectivity index (χ3n) is 3.20. The maximum atomic E-state index is 8.33. The molecule has 0 aliphatic rings. The van der Waals surface area contributed by atoms with Crippen molar-refractivity contribution in [1.82, 2.24) is 0 Å². The minimum Gasteiger partial charge on any atom is -0.368 e. The van der Waals surface area contributed by atoms with Gasteiger partial charge in [-0.15, -0.1) is 0 Å². The van der Waals surface area contributed by atoms with Gasteiger partial charge in [0.05, 0.1) is 0 Å². The molecule has 0 saturated carbocycles. The SMILES string of the molecule is CCCCCC(O)O.CCCCCC(O)O.CCCCCC(O)O. The molecule has 0 spiro atoms. The lowest BCUT2D eigenvalue weighted by atomic mass is 10.2. The van der Waals surface area contributed by atoms with Crippen LogP contribution in [-0.4, -0.2) is 49.5 Å². The molecule has 0 aromatic rings. The summed E-state index contributed by atoms with van der Waals surface area (Å²) in [5.74, 6) is 0. The van der Waals surface area contributed by atoms with E-state index in [-0.39, 0.29) is 0 Å². The van der Waals surface area contributed by atoms with Crippen molar-refractivity contribution in [2.75, 3.05) is 0 Å². The molecule has 0 rings (SSSR count). The van der Waals surface area contributed by atoms with Gasteiger partial charge in [-0.3, -0.25) is 0 Å². The Morgan fingerprint density at radius 2 is 0.625 bits per heavy atom. The van der Waals surface area contributed by atoms with Crippen LogP contribution in [0.2, 0.25) is 0 Å². The maximum Gasteiger partial charge on any atom is 0.151 e. The van der Waals surface area contributed by atoms with Gasteiger partial charge < -0.3 is 30.6 Å². The van der Waals surface area contributed by atoms with Crippen molar-refractivity contribution in [3.05, 3.63) is 0 Å². The van der Waals surface area contributed by atoms with Crippen molar-refractivity contribution < 1.29 is 30.6 Å². The molecular weight excluding hydrogens is 312 g/mol. The van der Waals surface area contributed by atoms with E-state index in [1.807, 2.05) is 0 Å². The molecule has 150 valence electrons. The first-order chi connectivity index (χ1) is 11.3. The Labute approximate surface area is 148 Å². The quantitative estimate of drug-likeness (QED) is 0.237. The van der Waals surface area contributed by atoms with Crippen molar-refractivity contribution in [3.8, 4) is 0 Å². The van der Waals surface area contributed by atoms with Crippen molar-refractivity contribution in [1.29, 1.82) is 0 Å². The first kappa shape index (κ1) is 28.6. The van der Waals surface area contributed by atoms with E-state index < -0.39 is 18.9 Å². The first-order valence-electron chi connectivity index (χ1n) is 9.40. The smallest absolute Gasteiger partial charge is 0.151 e. The van der Waals surface area contributed by atoms with Crippen LogP contribution in [0.5, 0.6) is 0 Å². The molecule has 6 nitrogen and oxygen atoms in total. The monoisotopic (exact) mass is 354 g/mol. The average Bonchev–Trinajstić information content (AvgIpc) is 2.48. The fourth-order valence-corrected chi connectivity index (χ4v) is 1.73. The van der Waals surface area contributed by atoms with Crippen molar-refractivity contribution >= 4 is 0 Å². The Morgan fingerprint density at radius 1 is 0.417 bits per heavy atom. The molecule has 0 aliphatic carbocycles. The van der Waals surface area contributed by atoms with Crippen LogP contribution < -0.4 is 0 Å². The minimum absolute atomic E-state index is 0.522. The third kappa shape index (κ3) is 43.0. The van der Waals surface area contributed by atoms with E-state index >= 15 is 0 Å².